The smallest absolute Gasteiger partial charge is 0.255 e. The third kappa shape index (κ3) is 4.54. The molecule has 1 aliphatic heterocycles. The maximum Gasteiger partial charge on any atom is 0.255 e. The Balaban J connectivity index is 1.27. The van der Waals surface area contributed by atoms with E-state index in [2.05, 4.69) is 12.2 Å². The fourth-order valence-electron chi connectivity index (χ4n) is 4.80. The highest BCUT2D eigenvalue weighted by atomic mass is 16.5. The van der Waals surface area contributed by atoms with Gasteiger partial charge in [-0.15, -0.1) is 0 Å². The molecule has 1 fully saturated rings. The quantitative estimate of drug-likeness (QED) is 0.349. The number of aryl methyl sites for hydroxylation is 2. The fraction of sp³-hybridized carbons (Fsp3) is 0.233. The van der Waals surface area contributed by atoms with Gasteiger partial charge in [-0.3, -0.25) is 19.3 Å². The molecule has 182 valence electrons. The van der Waals surface area contributed by atoms with Crippen molar-refractivity contribution < 1.29 is 19.1 Å². The van der Waals surface area contributed by atoms with Gasteiger partial charge >= 0.3 is 0 Å². The van der Waals surface area contributed by atoms with Crippen molar-refractivity contribution >= 4 is 29.1 Å². The normalized spacial score (nSPS) is 19.1. The van der Waals surface area contributed by atoms with E-state index < -0.39 is 0 Å². The van der Waals surface area contributed by atoms with E-state index in [9.17, 15) is 14.4 Å². The number of imide groups is 1. The van der Waals surface area contributed by atoms with Crippen molar-refractivity contribution in [1.82, 2.24) is 0 Å². The molecule has 0 saturated carbocycles. The van der Waals surface area contributed by atoms with Crippen LogP contribution < -0.4 is 15.0 Å². The molecule has 0 spiro atoms. The Bertz CT molecular complexity index is 1390. The van der Waals surface area contributed by atoms with E-state index in [4.69, 9.17) is 4.74 Å². The van der Waals surface area contributed by atoms with Crippen LogP contribution in [0, 0.1) is 25.7 Å². The lowest BCUT2D eigenvalue weighted by molar-refractivity contribution is -0.122. The van der Waals surface area contributed by atoms with Crippen LogP contribution in [-0.2, 0) is 9.59 Å². The first-order chi connectivity index (χ1) is 17.3. The number of carbonyl (C=O) groups is 3. The van der Waals surface area contributed by atoms with Gasteiger partial charge in [0, 0.05) is 11.3 Å². The Labute approximate surface area is 210 Å². The zero-order valence-electron chi connectivity index (χ0n) is 20.6. The van der Waals surface area contributed by atoms with Crippen LogP contribution in [0.15, 0.2) is 78.4 Å². The SMILES string of the molecule is CC1=CC[C@@H]2C(=O)N(c3cccc(C(=O)Nc4ccc(Oc5ccc(C)c(C)c5)cc4)c3)C(=O)[C@H]2C1. The first-order valence-corrected chi connectivity index (χ1v) is 12.1. The van der Waals surface area contributed by atoms with Gasteiger partial charge in [0.1, 0.15) is 11.5 Å². The summed E-state index contributed by atoms with van der Waals surface area (Å²) in [4.78, 5) is 40.2. The number of carbonyl (C=O) groups excluding carboxylic acids is 3. The molecule has 1 aliphatic carbocycles. The summed E-state index contributed by atoms with van der Waals surface area (Å²) < 4.78 is 5.91. The first-order valence-electron chi connectivity index (χ1n) is 12.1. The zero-order valence-corrected chi connectivity index (χ0v) is 20.6. The minimum Gasteiger partial charge on any atom is -0.457 e. The second-order valence-corrected chi connectivity index (χ2v) is 9.59. The average Bonchev–Trinajstić information content (AvgIpc) is 3.11. The summed E-state index contributed by atoms with van der Waals surface area (Å²) in [7, 11) is 0. The Morgan fingerprint density at radius 1 is 0.861 bits per heavy atom. The predicted molar refractivity (Wildman–Crippen MR) is 139 cm³/mol. The number of fused-ring (bicyclic) bond motifs is 1. The number of benzene rings is 3. The first kappa shape index (κ1) is 23.5. The molecule has 1 N–H and O–H groups in total. The number of hydrogen-bond acceptors (Lipinski definition) is 4. The van der Waals surface area contributed by atoms with Crippen LogP contribution in [0.25, 0.3) is 0 Å². The second-order valence-electron chi connectivity index (χ2n) is 9.59. The van der Waals surface area contributed by atoms with Crippen LogP contribution in [0.3, 0.4) is 0 Å². The number of nitrogens with one attached hydrogen (secondary N) is 1. The van der Waals surface area contributed by atoms with Crippen molar-refractivity contribution in [3.8, 4) is 11.5 Å². The van der Waals surface area contributed by atoms with Crippen LogP contribution in [-0.4, -0.2) is 17.7 Å². The molecule has 2 aliphatic rings. The molecule has 3 aromatic rings. The van der Waals surface area contributed by atoms with Gasteiger partial charge in [0.25, 0.3) is 5.91 Å². The minimum atomic E-state index is -0.325. The molecule has 0 radical (unpaired) electrons. The number of amides is 3. The van der Waals surface area contributed by atoms with Crippen LogP contribution in [0.1, 0.15) is 41.3 Å². The molecule has 36 heavy (non-hydrogen) atoms. The summed E-state index contributed by atoms with van der Waals surface area (Å²) in [6.07, 6.45) is 3.23. The van der Waals surface area contributed by atoms with Crippen molar-refractivity contribution in [3.63, 3.8) is 0 Å². The van der Waals surface area contributed by atoms with Crippen LogP contribution >= 0.6 is 0 Å². The molecule has 6 nitrogen and oxygen atoms in total. The summed E-state index contributed by atoms with van der Waals surface area (Å²) >= 11 is 0. The van der Waals surface area contributed by atoms with E-state index >= 15 is 0 Å². The molecule has 0 unspecified atom stereocenters. The van der Waals surface area contributed by atoms with Crippen molar-refractivity contribution in [2.24, 2.45) is 11.8 Å². The van der Waals surface area contributed by atoms with Crippen molar-refractivity contribution in [2.75, 3.05) is 10.2 Å². The summed E-state index contributed by atoms with van der Waals surface area (Å²) in [6.45, 7) is 6.08. The van der Waals surface area contributed by atoms with Gasteiger partial charge < -0.3 is 10.1 Å². The molecule has 6 heteroatoms. The summed E-state index contributed by atoms with van der Waals surface area (Å²) in [5.74, 6) is 0.0838. The van der Waals surface area contributed by atoms with E-state index in [1.165, 1.54) is 10.5 Å². The molecule has 1 saturated heterocycles. The number of nitrogens with zero attached hydrogens (tertiary/aromatic N) is 1. The molecule has 1 heterocycles. The minimum absolute atomic E-state index is 0.186. The van der Waals surface area contributed by atoms with Gasteiger partial charge in [-0.2, -0.15) is 0 Å². The number of allylic oxidation sites excluding steroid dienone is 2. The molecule has 0 aromatic heterocycles. The summed E-state index contributed by atoms with van der Waals surface area (Å²) in [5.41, 5.74) is 4.90. The van der Waals surface area contributed by atoms with Crippen molar-refractivity contribution in [3.05, 3.63) is 95.1 Å². The largest absolute Gasteiger partial charge is 0.457 e. The van der Waals surface area contributed by atoms with Gasteiger partial charge in [-0.25, -0.2) is 0 Å². The second kappa shape index (κ2) is 9.46. The van der Waals surface area contributed by atoms with Gasteiger partial charge in [0.2, 0.25) is 11.8 Å². The molecule has 2 atom stereocenters. The number of rotatable bonds is 5. The Hall–Kier alpha value is -4.19. The van der Waals surface area contributed by atoms with Crippen LogP contribution in [0.5, 0.6) is 11.5 Å². The van der Waals surface area contributed by atoms with Crippen molar-refractivity contribution in [2.45, 2.75) is 33.6 Å². The lowest BCUT2D eigenvalue weighted by atomic mass is 9.82. The summed E-state index contributed by atoms with van der Waals surface area (Å²) in [5, 5.41) is 2.87. The molecule has 5 rings (SSSR count). The molecule has 0 bridgehead atoms. The Kier molecular flexibility index (Phi) is 6.18. The highest BCUT2D eigenvalue weighted by Gasteiger charge is 2.48. The standard InChI is InChI=1S/C30H28N2O4/c1-18-7-14-26-27(15-18)30(35)32(29(26)34)23-6-4-5-21(17-23)28(33)31-22-9-12-24(13-10-22)36-25-11-8-19(2)20(3)16-25/h4-13,16-17,26-27H,14-15H2,1-3H3,(H,31,33)/t26-,27-/m0/s1. The Morgan fingerprint density at radius 3 is 2.33 bits per heavy atom. The van der Waals surface area contributed by atoms with Gasteiger partial charge in [0.15, 0.2) is 0 Å². The van der Waals surface area contributed by atoms with Crippen LogP contribution in [0.2, 0.25) is 0 Å². The molecule has 3 aromatic carbocycles. The lowest BCUT2D eigenvalue weighted by Gasteiger charge is -2.18. The molecular formula is C30H28N2O4. The number of ether oxygens (including phenoxy) is 1. The highest BCUT2D eigenvalue weighted by molar-refractivity contribution is 6.22. The van der Waals surface area contributed by atoms with Gasteiger partial charge in [0.05, 0.1) is 17.5 Å². The highest BCUT2D eigenvalue weighted by Crippen LogP contribution is 2.40. The van der Waals surface area contributed by atoms with Crippen molar-refractivity contribution in [1.29, 1.82) is 0 Å². The van der Waals surface area contributed by atoms with E-state index in [1.807, 2.05) is 38.1 Å². The van der Waals surface area contributed by atoms with Crippen LogP contribution in [0.4, 0.5) is 11.4 Å². The molecular weight excluding hydrogens is 452 g/mol. The number of anilines is 2. The summed E-state index contributed by atoms with van der Waals surface area (Å²) in [6, 6.07) is 19.7. The predicted octanol–water partition coefficient (Wildman–Crippen LogP) is 6.19. The molecule has 3 amide bonds. The maximum absolute atomic E-state index is 13.0. The zero-order chi connectivity index (χ0) is 25.4. The average molecular weight is 481 g/mol. The van der Waals surface area contributed by atoms with E-state index in [0.717, 1.165) is 16.9 Å². The van der Waals surface area contributed by atoms with Gasteiger partial charge in [-0.05, 0) is 99.3 Å². The van der Waals surface area contributed by atoms with E-state index in [-0.39, 0.29) is 29.6 Å². The Morgan fingerprint density at radius 2 is 1.58 bits per heavy atom. The van der Waals surface area contributed by atoms with E-state index in [0.29, 0.717) is 35.5 Å². The third-order valence-electron chi connectivity index (χ3n) is 7.02. The van der Waals surface area contributed by atoms with E-state index in [1.54, 1.807) is 48.5 Å². The number of hydrogen-bond donors (Lipinski definition) is 1. The fourth-order valence-corrected chi connectivity index (χ4v) is 4.80. The third-order valence-corrected chi connectivity index (χ3v) is 7.02. The van der Waals surface area contributed by atoms with Gasteiger partial charge in [-0.1, -0.05) is 23.8 Å². The topological polar surface area (TPSA) is 75.7 Å². The monoisotopic (exact) mass is 480 g/mol. The lowest BCUT2D eigenvalue weighted by Crippen LogP contribution is -2.31. The maximum atomic E-state index is 13.0.